The van der Waals surface area contributed by atoms with Crippen molar-refractivity contribution in [3.8, 4) is 0 Å². The molecule has 0 saturated carbocycles. The minimum Gasteiger partial charge on any atom is -0.394 e. The number of aliphatic hydroxyl groups is 1. The summed E-state index contributed by atoms with van der Waals surface area (Å²) in [5, 5.41) is 9.71. The Hall–Kier alpha value is -0.970. The maximum atomic E-state index is 13.3. The molecule has 1 atom stereocenters. The van der Waals surface area contributed by atoms with Crippen LogP contribution < -0.4 is 5.73 Å². The van der Waals surface area contributed by atoms with Crippen molar-refractivity contribution < 1.29 is 9.50 Å². The van der Waals surface area contributed by atoms with E-state index in [0.29, 0.717) is 4.70 Å². The van der Waals surface area contributed by atoms with Crippen LogP contribution in [0.4, 0.5) is 4.39 Å². The molecule has 0 saturated heterocycles. The Bertz CT molecular complexity index is 454. The summed E-state index contributed by atoms with van der Waals surface area (Å²) in [6, 6.07) is 6.34. The molecule has 0 amide bonds. The summed E-state index contributed by atoms with van der Waals surface area (Å²) in [5.74, 6) is -0.233. The summed E-state index contributed by atoms with van der Waals surface area (Å²) < 4.78 is 13.9. The Morgan fingerprint density at radius 2 is 2.29 bits per heavy atom. The minimum atomic E-state index is -0.410. The molecular weight excluding hydrogens is 201 g/mol. The third kappa shape index (κ3) is 1.52. The van der Waals surface area contributed by atoms with Crippen LogP contribution >= 0.6 is 11.3 Å². The molecule has 0 unspecified atom stereocenters. The number of nitrogens with two attached hydrogens (primary N) is 1. The first-order valence-electron chi connectivity index (χ1n) is 4.27. The van der Waals surface area contributed by atoms with E-state index in [1.807, 2.05) is 12.1 Å². The van der Waals surface area contributed by atoms with Crippen LogP contribution in [-0.4, -0.2) is 11.7 Å². The fourth-order valence-electron chi connectivity index (χ4n) is 1.32. The fraction of sp³-hybridized carbons (Fsp3) is 0.200. The van der Waals surface area contributed by atoms with Gasteiger partial charge >= 0.3 is 0 Å². The lowest BCUT2D eigenvalue weighted by molar-refractivity contribution is 0.269. The van der Waals surface area contributed by atoms with Gasteiger partial charge in [-0.05, 0) is 17.5 Å². The van der Waals surface area contributed by atoms with Crippen molar-refractivity contribution in [3.63, 3.8) is 0 Å². The number of rotatable bonds is 2. The average Bonchev–Trinajstić information content (AvgIpc) is 2.62. The van der Waals surface area contributed by atoms with Gasteiger partial charge in [-0.25, -0.2) is 4.39 Å². The fourth-order valence-corrected chi connectivity index (χ4v) is 2.38. The van der Waals surface area contributed by atoms with Gasteiger partial charge in [-0.15, -0.1) is 11.3 Å². The predicted molar refractivity (Wildman–Crippen MR) is 55.8 cm³/mol. The van der Waals surface area contributed by atoms with Gasteiger partial charge in [0.2, 0.25) is 0 Å². The van der Waals surface area contributed by atoms with E-state index < -0.39 is 6.04 Å². The zero-order valence-corrected chi connectivity index (χ0v) is 8.22. The zero-order chi connectivity index (χ0) is 10.1. The Labute approximate surface area is 84.8 Å². The molecule has 1 aromatic carbocycles. The van der Waals surface area contributed by atoms with Crippen molar-refractivity contribution in [2.24, 2.45) is 5.73 Å². The van der Waals surface area contributed by atoms with Crippen LogP contribution in [0.25, 0.3) is 10.1 Å². The normalized spacial score (nSPS) is 13.4. The first-order valence-corrected chi connectivity index (χ1v) is 5.08. The molecule has 0 radical (unpaired) electrons. The summed E-state index contributed by atoms with van der Waals surface area (Å²) >= 11 is 1.30. The summed E-state index contributed by atoms with van der Waals surface area (Å²) in [6.45, 7) is -0.117. The van der Waals surface area contributed by atoms with E-state index in [9.17, 15) is 4.39 Å². The first kappa shape index (κ1) is 9.58. The van der Waals surface area contributed by atoms with Gasteiger partial charge in [-0.3, -0.25) is 0 Å². The number of benzene rings is 1. The van der Waals surface area contributed by atoms with Crippen LogP contribution in [0.15, 0.2) is 24.3 Å². The standard InChI is InChI=1S/C10H10FNOS/c11-7-3-1-2-6-4-9(8(12)5-13)14-10(6)7/h1-4,8,13H,5,12H2/t8-/m0/s1. The van der Waals surface area contributed by atoms with E-state index in [1.54, 1.807) is 6.07 Å². The van der Waals surface area contributed by atoms with E-state index >= 15 is 0 Å². The Morgan fingerprint density at radius 1 is 1.50 bits per heavy atom. The minimum absolute atomic E-state index is 0.117. The zero-order valence-electron chi connectivity index (χ0n) is 7.40. The molecule has 0 spiro atoms. The molecule has 0 aliphatic heterocycles. The first-order chi connectivity index (χ1) is 6.72. The highest BCUT2D eigenvalue weighted by molar-refractivity contribution is 7.19. The van der Waals surface area contributed by atoms with Crippen molar-refractivity contribution in [1.29, 1.82) is 0 Å². The highest BCUT2D eigenvalue weighted by Crippen LogP contribution is 2.30. The maximum Gasteiger partial charge on any atom is 0.140 e. The van der Waals surface area contributed by atoms with Gasteiger partial charge in [-0.2, -0.15) is 0 Å². The molecule has 2 nitrogen and oxygen atoms in total. The number of thiophene rings is 1. The molecule has 0 bridgehead atoms. The third-order valence-electron chi connectivity index (χ3n) is 2.08. The molecule has 3 N–H and O–H groups in total. The van der Waals surface area contributed by atoms with Gasteiger partial charge in [0.25, 0.3) is 0 Å². The van der Waals surface area contributed by atoms with Gasteiger partial charge in [0, 0.05) is 4.88 Å². The Morgan fingerprint density at radius 3 is 2.93 bits per heavy atom. The summed E-state index contributed by atoms with van der Waals surface area (Å²) in [6.07, 6.45) is 0. The molecule has 0 aliphatic rings. The lowest BCUT2D eigenvalue weighted by Crippen LogP contribution is -2.12. The molecule has 1 heterocycles. The monoisotopic (exact) mass is 211 g/mol. The van der Waals surface area contributed by atoms with E-state index in [0.717, 1.165) is 10.3 Å². The van der Waals surface area contributed by atoms with Crippen molar-refractivity contribution in [1.82, 2.24) is 0 Å². The maximum absolute atomic E-state index is 13.3. The van der Waals surface area contributed by atoms with Gasteiger partial charge in [0.15, 0.2) is 0 Å². The number of hydrogen-bond acceptors (Lipinski definition) is 3. The molecule has 4 heteroatoms. The van der Waals surface area contributed by atoms with Crippen molar-refractivity contribution in [2.45, 2.75) is 6.04 Å². The van der Waals surface area contributed by atoms with Gasteiger partial charge < -0.3 is 10.8 Å². The lowest BCUT2D eigenvalue weighted by atomic mass is 10.2. The third-order valence-corrected chi connectivity index (χ3v) is 3.37. The van der Waals surface area contributed by atoms with Crippen LogP contribution in [0.3, 0.4) is 0 Å². The number of aliphatic hydroxyl groups excluding tert-OH is 1. The highest BCUT2D eigenvalue weighted by Gasteiger charge is 2.10. The summed E-state index contributed by atoms with van der Waals surface area (Å²) in [5.41, 5.74) is 5.65. The smallest absolute Gasteiger partial charge is 0.140 e. The average molecular weight is 211 g/mol. The van der Waals surface area contributed by atoms with E-state index in [1.165, 1.54) is 17.4 Å². The summed E-state index contributed by atoms with van der Waals surface area (Å²) in [7, 11) is 0. The highest BCUT2D eigenvalue weighted by atomic mass is 32.1. The molecule has 1 aromatic heterocycles. The molecule has 74 valence electrons. The topological polar surface area (TPSA) is 46.2 Å². The van der Waals surface area contributed by atoms with Gasteiger partial charge in [0.1, 0.15) is 5.82 Å². The second kappa shape index (κ2) is 3.65. The van der Waals surface area contributed by atoms with Gasteiger partial charge in [0.05, 0.1) is 17.3 Å². The van der Waals surface area contributed by atoms with E-state index in [2.05, 4.69) is 0 Å². The predicted octanol–water partition coefficient (Wildman–Crippen LogP) is 2.03. The molecular formula is C10H10FNOS. The van der Waals surface area contributed by atoms with Gasteiger partial charge in [-0.1, -0.05) is 12.1 Å². The largest absolute Gasteiger partial charge is 0.394 e. The van der Waals surface area contributed by atoms with Crippen LogP contribution in [0.5, 0.6) is 0 Å². The molecule has 14 heavy (non-hydrogen) atoms. The second-order valence-corrected chi connectivity index (χ2v) is 4.18. The molecule has 0 aliphatic carbocycles. The van der Waals surface area contributed by atoms with E-state index in [-0.39, 0.29) is 12.4 Å². The Balaban J connectivity index is 2.56. The quantitative estimate of drug-likeness (QED) is 0.798. The second-order valence-electron chi connectivity index (χ2n) is 3.10. The lowest BCUT2D eigenvalue weighted by Gasteiger charge is -2.02. The van der Waals surface area contributed by atoms with Crippen LogP contribution in [0, 0.1) is 5.82 Å². The SMILES string of the molecule is N[C@@H](CO)c1cc2cccc(F)c2s1. The molecule has 2 rings (SSSR count). The number of hydrogen-bond donors (Lipinski definition) is 2. The summed E-state index contributed by atoms with van der Waals surface area (Å²) in [4.78, 5) is 0.813. The van der Waals surface area contributed by atoms with Crippen molar-refractivity contribution >= 4 is 21.4 Å². The number of fused-ring (bicyclic) bond motifs is 1. The van der Waals surface area contributed by atoms with E-state index in [4.69, 9.17) is 10.8 Å². The molecule has 0 fully saturated rings. The van der Waals surface area contributed by atoms with Crippen LogP contribution in [0.1, 0.15) is 10.9 Å². The van der Waals surface area contributed by atoms with Crippen molar-refractivity contribution in [3.05, 3.63) is 35.0 Å². The van der Waals surface area contributed by atoms with Crippen LogP contribution in [0.2, 0.25) is 0 Å². The number of halogens is 1. The van der Waals surface area contributed by atoms with Crippen molar-refractivity contribution in [2.75, 3.05) is 6.61 Å². The molecule has 2 aromatic rings. The Kier molecular flexibility index (Phi) is 2.50. The van der Waals surface area contributed by atoms with Crippen LogP contribution in [-0.2, 0) is 0 Å².